The predicted octanol–water partition coefficient (Wildman–Crippen LogP) is 1.60. The number of nitrogens with zero attached hydrogens (tertiary/aromatic N) is 1. The van der Waals surface area contributed by atoms with E-state index in [1.54, 1.807) is 6.07 Å². The second-order valence-electron chi connectivity index (χ2n) is 3.04. The van der Waals surface area contributed by atoms with Gasteiger partial charge in [-0.3, -0.25) is 0 Å². The molecule has 0 amide bonds. The molecule has 0 fully saturated rings. The van der Waals surface area contributed by atoms with Gasteiger partial charge in [0, 0.05) is 12.2 Å². The van der Waals surface area contributed by atoms with Crippen LogP contribution in [0.5, 0.6) is 0 Å². The maximum atomic E-state index is 12.7. The molecule has 0 aliphatic carbocycles. The molecule has 0 aromatic carbocycles. The van der Waals surface area contributed by atoms with E-state index in [0.29, 0.717) is 0 Å². The van der Waals surface area contributed by atoms with Gasteiger partial charge in [0.1, 0.15) is 0 Å². The van der Waals surface area contributed by atoms with E-state index >= 15 is 0 Å². The van der Waals surface area contributed by atoms with Gasteiger partial charge >= 0.3 is 0 Å². The summed E-state index contributed by atoms with van der Waals surface area (Å²) in [4.78, 5) is 3.51. The highest BCUT2D eigenvalue weighted by molar-refractivity contribution is 5.39. The molecule has 72 valence electrons. The smallest absolute Gasteiger partial charge is 0.236 e. The SMILES string of the molecule is CCC[C@@H](N)c1cnc(F)c(N)c1. The number of nitrogen functional groups attached to an aromatic ring is 1. The number of nitrogens with two attached hydrogens (primary N) is 2. The van der Waals surface area contributed by atoms with Crippen molar-refractivity contribution >= 4 is 5.69 Å². The van der Waals surface area contributed by atoms with E-state index < -0.39 is 5.95 Å². The molecule has 0 unspecified atom stereocenters. The first-order chi connectivity index (χ1) is 6.15. The molecule has 1 atom stereocenters. The fourth-order valence-corrected chi connectivity index (χ4v) is 1.16. The van der Waals surface area contributed by atoms with Crippen molar-refractivity contribution in [1.82, 2.24) is 4.98 Å². The average Bonchev–Trinajstić information content (AvgIpc) is 2.10. The number of hydrogen-bond acceptors (Lipinski definition) is 3. The Kier molecular flexibility index (Phi) is 3.19. The zero-order valence-electron chi connectivity index (χ0n) is 7.63. The Morgan fingerprint density at radius 3 is 2.85 bits per heavy atom. The molecule has 1 rings (SSSR count). The maximum absolute atomic E-state index is 12.7. The third-order valence-corrected chi connectivity index (χ3v) is 1.92. The molecule has 0 aliphatic rings. The summed E-state index contributed by atoms with van der Waals surface area (Å²) >= 11 is 0. The van der Waals surface area contributed by atoms with Crippen molar-refractivity contribution in [2.75, 3.05) is 5.73 Å². The van der Waals surface area contributed by atoms with Crippen LogP contribution < -0.4 is 11.5 Å². The summed E-state index contributed by atoms with van der Waals surface area (Å²) in [6.45, 7) is 2.04. The summed E-state index contributed by atoms with van der Waals surface area (Å²) in [7, 11) is 0. The monoisotopic (exact) mass is 183 g/mol. The first-order valence-corrected chi connectivity index (χ1v) is 4.31. The molecule has 3 nitrogen and oxygen atoms in total. The highest BCUT2D eigenvalue weighted by Crippen LogP contribution is 2.18. The molecule has 0 aliphatic heterocycles. The molecule has 1 aromatic rings. The van der Waals surface area contributed by atoms with Gasteiger partial charge in [-0.25, -0.2) is 4.98 Å². The van der Waals surface area contributed by atoms with Gasteiger partial charge in [-0.05, 0) is 18.1 Å². The molecule has 0 bridgehead atoms. The number of hydrogen-bond donors (Lipinski definition) is 2. The topological polar surface area (TPSA) is 64.9 Å². The number of halogens is 1. The second kappa shape index (κ2) is 4.18. The third kappa shape index (κ3) is 2.39. The molecule has 0 spiro atoms. The van der Waals surface area contributed by atoms with Crippen molar-refractivity contribution in [2.24, 2.45) is 5.73 Å². The summed E-state index contributed by atoms with van der Waals surface area (Å²) in [5.74, 6) is -0.632. The Morgan fingerprint density at radius 2 is 2.31 bits per heavy atom. The lowest BCUT2D eigenvalue weighted by Crippen LogP contribution is -2.11. The second-order valence-corrected chi connectivity index (χ2v) is 3.04. The Morgan fingerprint density at radius 1 is 1.62 bits per heavy atom. The van der Waals surface area contributed by atoms with Crippen LogP contribution in [0.4, 0.5) is 10.1 Å². The number of rotatable bonds is 3. The summed E-state index contributed by atoms with van der Waals surface area (Å²) in [5.41, 5.74) is 12.0. The van der Waals surface area contributed by atoms with Crippen molar-refractivity contribution in [3.8, 4) is 0 Å². The van der Waals surface area contributed by atoms with E-state index in [0.717, 1.165) is 18.4 Å². The highest BCUT2D eigenvalue weighted by Gasteiger charge is 2.07. The van der Waals surface area contributed by atoms with Gasteiger partial charge in [0.25, 0.3) is 0 Å². The van der Waals surface area contributed by atoms with Crippen LogP contribution in [0.15, 0.2) is 12.3 Å². The molecule has 4 heteroatoms. The van der Waals surface area contributed by atoms with Crippen molar-refractivity contribution in [3.05, 3.63) is 23.8 Å². The van der Waals surface area contributed by atoms with Crippen LogP contribution in [0, 0.1) is 5.95 Å². The van der Waals surface area contributed by atoms with Gasteiger partial charge in [0.2, 0.25) is 5.95 Å². The quantitative estimate of drug-likeness (QED) is 0.699. The maximum Gasteiger partial charge on any atom is 0.236 e. The fraction of sp³-hybridized carbons (Fsp3) is 0.444. The summed E-state index contributed by atoms with van der Waals surface area (Å²) in [5, 5.41) is 0. The Hall–Kier alpha value is -1.16. The molecule has 4 N–H and O–H groups in total. The van der Waals surface area contributed by atoms with E-state index in [1.165, 1.54) is 6.20 Å². The van der Waals surface area contributed by atoms with Gasteiger partial charge < -0.3 is 11.5 Å². The Bertz CT molecular complexity index is 288. The lowest BCUT2D eigenvalue weighted by Gasteiger charge is -2.10. The van der Waals surface area contributed by atoms with Crippen molar-refractivity contribution < 1.29 is 4.39 Å². The van der Waals surface area contributed by atoms with Crippen LogP contribution in [-0.2, 0) is 0 Å². The highest BCUT2D eigenvalue weighted by atomic mass is 19.1. The average molecular weight is 183 g/mol. The zero-order valence-corrected chi connectivity index (χ0v) is 7.63. The standard InChI is InChI=1S/C9H14FN3/c1-2-3-7(11)6-4-8(12)9(10)13-5-6/h4-5,7H,2-3,11-12H2,1H3/t7-/m1/s1. The molecule has 0 radical (unpaired) electrons. The molecule has 13 heavy (non-hydrogen) atoms. The summed E-state index contributed by atoms with van der Waals surface area (Å²) in [6.07, 6.45) is 3.28. The van der Waals surface area contributed by atoms with Crippen molar-refractivity contribution in [2.45, 2.75) is 25.8 Å². The molecule has 0 saturated heterocycles. The number of aromatic nitrogens is 1. The largest absolute Gasteiger partial charge is 0.395 e. The number of pyridine rings is 1. The first-order valence-electron chi connectivity index (χ1n) is 4.31. The summed E-state index contributed by atoms with van der Waals surface area (Å²) < 4.78 is 12.7. The summed E-state index contributed by atoms with van der Waals surface area (Å²) in [6, 6.07) is 1.45. The minimum atomic E-state index is -0.632. The van der Waals surface area contributed by atoms with Crippen molar-refractivity contribution in [3.63, 3.8) is 0 Å². The van der Waals surface area contributed by atoms with Gasteiger partial charge in [0.05, 0.1) is 5.69 Å². The van der Waals surface area contributed by atoms with E-state index in [-0.39, 0.29) is 11.7 Å². The Balaban J connectivity index is 2.84. The van der Waals surface area contributed by atoms with Crippen LogP contribution in [-0.4, -0.2) is 4.98 Å². The van der Waals surface area contributed by atoms with E-state index in [4.69, 9.17) is 11.5 Å². The van der Waals surface area contributed by atoms with E-state index in [1.807, 2.05) is 6.92 Å². The normalized spacial score (nSPS) is 12.8. The lowest BCUT2D eigenvalue weighted by atomic mass is 10.1. The lowest BCUT2D eigenvalue weighted by molar-refractivity contribution is 0.580. The van der Waals surface area contributed by atoms with E-state index in [2.05, 4.69) is 4.98 Å². The molecule has 1 aromatic heterocycles. The third-order valence-electron chi connectivity index (χ3n) is 1.92. The van der Waals surface area contributed by atoms with Crippen LogP contribution in [0.1, 0.15) is 31.4 Å². The van der Waals surface area contributed by atoms with Crippen LogP contribution >= 0.6 is 0 Å². The molecular formula is C9H14FN3. The van der Waals surface area contributed by atoms with Gasteiger partial charge in [-0.1, -0.05) is 13.3 Å². The van der Waals surface area contributed by atoms with Crippen molar-refractivity contribution in [1.29, 1.82) is 0 Å². The predicted molar refractivity (Wildman–Crippen MR) is 50.4 cm³/mol. The van der Waals surface area contributed by atoms with E-state index in [9.17, 15) is 4.39 Å². The van der Waals surface area contributed by atoms with Gasteiger partial charge in [-0.15, -0.1) is 0 Å². The van der Waals surface area contributed by atoms with Crippen LogP contribution in [0.3, 0.4) is 0 Å². The number of anilines is 1. The zero-order chi connectivity index (χ0) is 9.84. The van der Waals surface area contributed by atoms with Gasteiger partial charge in [-0.2, -0.15) is 4.39 Å². The minimum absolute atomic E-state index is 0.0593. The molecule has 1 heterocycles. The van der Waals surface area contributed by atoms with Crippen LogP contribution in [0.2, 0.25) is 0 Å². The Labute approximate surface area is 77.0 Å². The van der Waals surface area contributed by atoms with Crippen LogP contribution in [0.25, 0.3) is 0 Å². The fourth-order valence-electron chi connectivity index (χ4n) is 1.16. The molecular weight excluding hydrogens is 169 g/mol. The first kappa shape index (κ1) is 9.92. The van der Waals surface area contributed by atoms with Gasteiger partial charge in [0.15, 0.2) is 0 Å². The molecule has 0 saturated carbocycles. The minimum Gasteiger partial charge on any atom is -0.395 e.